The van der Waals surface area contributed by atoms with E-state index in [1.165, 1.54) is 5.39 Å². The van der Waals surface area contributed by atoms with Crippen LogP contribution in [0.1, 0.15) is 5.56 Å². The molecule has 21 heavy (non-hydrogen) atoms. The average Bonchev–Trinajstić information content (AvgIpc) is 2.47. The highest BCUT2D eigenvalue weighted by Gasteiger charge is 2.06. The van der Waals surface area contributed by atoms with Crippen LogP contribution in [0.5, 0.6) is 0 Å². The summed E-state index contributed by atoms with van der Waals surface area (Å²) in [6, 6.07) is 17.8. The minimum absolute atomic E-state index is 0.0733. The van der Waals surface area contributed by atoms with E-state index in [0.717, 1.165) is 15.4 Å². The number of carbonyl (C=O) groups is 1. The third kappa shape index (κ3) is 3.47. The van der Waals surface area contributed by atoms with Crippen molar-refractivity contribution in [3.05, 3.63) is 70.8 Å². The van der Waals surface area contributed by atoms with Gasteiger partial charge in [-0.05, 0) is 28.5 Å². The lowest BCUT2D eigenvalue weighted by Crippen LogP contribution is -2.15. The molecule has 3 nitrogen and oxygen atoms in total. The van der Waals surface area contributed by atoms with E-state index in [1.54, 1.807) is 12.3 Å². The predicted octanol–water partition coefficient (Wildman–Crippen LogP) is 4.18. The molecule has 3 rings (SSSR count). The molecule has 0 bridgehead atoms. The lowest BCUT2D eigenvalue weighted by atomic mass is 10.1. The number of anilines is 1. The fourth-order valence-corrected chi connectivity index (χ4v) is 2.53. The largest absolute Gasteiger partial charge is 0.310 e. The van der Waals surface area contributed by atoms with Crippen molar-refractivity contribution >= 4 is 38.4 Å². The van der Waals surface area contributed by atoms with Crippen LogP contribution >= 0.6 is 15.9 Å². The highest BCUT2D eigenvalue weighted by Crippen LogP contribution is 2.17. The van der Waals surface area contributed by atoms with Crippen LogP contribution in [0.4, 0.5) is 5.82 Å². The second kappa shape index (κ2) is 6.06. The summed E-state index contributed by atoms with van der Waals surface area (Å²) in [5.74, 6) is 0.478. The minimum Gasteiger partial charge on any atom is -0.310 e. The summed E-state index contributed by atoms with van der Waals surface area (Å²) < 4.78 is 0.888. The predicted molar refractivity (Wildman–Crippen MR) is 88.2 cm³/mol. The first-order valence-corrected chi connectivity index (χ1v) is 7.39. The number of nitrogens with zero attached hydrogens (tertiary/aromatic N) is 1. The third-order valence-electron chi connectivity index (χ3n) is 3.17. The molecule has 0 radical (unpaired) electrons. The molecule has 0 saturated heterocycles. The summed E-state index contributed by atoms with van der Waals surface area (Å²) in [6.45, 7) is 0. The molecular weight excluding hydrogens is 328 g/mol. The first kappa shape index (κ1) is 13.8. The molecule has 0 saturated carbocycles. The maximum Gasteiger partial charge on any atom is 0.229 e. The van der Waals surface area contributed by atoms with Gasteiger partial charge >= 0.3 is 0 Å². The van der Waals surface area contributed by atoms with E-state index >= 15 is 0 Å². The topological polar surface area (TPSA) is 42.0 Å². The van der Waals surface area contributed by atoms with Gasteiger partial charge in [0.15, 0.2) is 0 Å². The van der Waals surface area contributed by atoms with Crippen LogP contribution in [-0.2, 0) is 11.2 Å². The van der Waals surface area contributed by atoms with Gasteiger partial charge < -0.3 is 5.32 Å². The fourth-order valence-electron chi connectivity index (χ4n) is 2.19. The normalized spacial score (nSPS) is 10.5. The lowest BCUT2D eigenvalue weighted by molar-refractivity contribution is -0.115. The third-order valence-corrected chi connectivity index (χ3v) is 3.66. The van der Waals surface area contributed by atoms with Crippen LogP contribution < -0.4 is 5.32 Å². The number of nitrogens with one attached hydrogen (secondary N) is 1. The number of carbonyl (C=O) groups excluding carboxylic acids is 1. The Bertz CT molecular complexity index is 801. The molecule has 0 aliphatic heterocycles. The quantitative estimate of drug-likeness (QED) is 0.777. The summed E-state index contributed by atoms with van der Waals surface area (Å²) in [5, 5.41) is 5.12. The fraction of sp³-hybridized carbons (Fsp3) is 0.0588. The standard InChI is InChI=1S/C17H13BrN2O/c18-15-7-8-19-16(11-15)20-17(21)10-12-5-6-13-3-1-2-4-14(13)9-12/h1-9,11H,10H2,(H,19,20,21). The Labute approximate surface area is 131 Å². The first-order valence-electron chi connectivity index (χ1n) is 6.60. The van der Waals surface area contributed by atoms with Gasteiger partial charge in [0, 0.05) is 10.7 Å². The zero-order chi connectivity index (χ0) is 14.7. The number of amides is 1. The maximum atomic E-state index is 12.1. The zero-order valence-corrected chi connectivity index (χ0v) is 12.8. The van der Waals surface area contributed by atoms with Gasteiger partial charge in [0.05, 0.1) is 6.42 Å². The number of pyridine rings is 1. The molecule has 0 spiro atoms. The van der Waals surface area contributed by atoms with E-state index in [-0.39, 0.29) is 5.91 Å². The van der Waals surface area contributed by atoms with Crippen molar-refractivity contribution in [3.8, 4) is 0 Å². The van der Waals surface area contributed by atoms with Gasteiger partial charge in [-0.3, -0.25) is 4.79 Å². The van der Waals surface area contributed by atoms with E-state index < -0.39 is 0 Å². The SMILES string of the molecule is O=C(Cc1ccc2ccccc2c1)Nc1cc(Br)ccn1. The Kier molecular flexibility index (Phi) is 3.97. The second-order valence-corrected chi connectivity index (χ2v) is 5.68. The Morgan fingerprint density at radius 2 is 1.86 bits per heavy atom. The van der Waals surface area contributed by atoms with Crippen LogP contribution in [0.25, 0.3) is 10.8 Å². The molecule has 3 aromatic rings. The number of benzene rings is 2. The number of fused-ring (bicyclic) bond motifs is 1. The molecule has 1 N–H and O–H groups in total. The van der Waals surface area contributed by atoms with E-state index in [9.17, 15) is 4.79 Å². The Balaban J connectivity index is 1.74. The summed E-state index contributed by atoms with van der Waals surface area (Å²) in [6.07, 6.45) is 1.98. The Morgan fingerprint density at radius 3 is 2.67 bits per heavy atom. The maximum absolute atomic E-state index is 12.1. The second-order valence-electron chi connectivity index (χ2n) is 4.77. The molecule has 0 unspecified atom stereocenters. The molecule has 0 fully saturated rings. The number of hydrogen-bond acceptors (Lipinski definition) is 2. The molecule has 2 aromatic carbocycles. The monoisotopic (exact) mass is 340 g/mol. The van der Waals surface area contributed by atoms with Crippen molar-refractivity contribution < 1.29 is 4.79 Å². The van der Waals surface area contributed by atoms with Gasteiger partial charge in [-0.15, -0.1) is 0 Å². The van der Waals surface area contributed by atoms with Crippen molar-refractivity contribution in [2.75, 3.05) is 5.32 Å². The lowest BCUT2D eigenvalue weighted by Gasteiger charge is -2.06. The van der Waals surface area contributed by atoms with Gasteiger partial charge in [-0.25, -0.2) is 4.98 Å². The average molecular weight is 341 g/mol. The molecule has 1 amide bonds. The number of aromatic nitrogens is 1. The van der Waals surface area contributed by atoms with Crippen LogP contribution in [0, 0.1) is 0 Å². The number of halogens is 1. The van der Waals surface area contributed by atoms with Crippen LogP contribution in [0.2, 0.25) is 0 Å². The van der Waals surface area contributed by atoms with Gasteiger partial charge in [0.2, 0.25) is 5.91 Å². The molecule has 1 heterocycles. The van der Waals surface area contributed by atoms with Crippen molar-refractivity contribution in [2.24, 2.45) is 0 Å². The Hall–Kier alpha value is -2.20. The molecule has 1 aromatic heterocycles. The highest BCUT2D eigenvalue weighted by atomic mass is 79.9. The van der Waals surface area contributed by atoms with Crippen molar-refractivity contribution in [3.63, 3.8) is 0 Å². The highest BCUT2D eigenvalue weighted by molar-refractivity contribution is 9.10. The number of hydrogen-bond donors (Lipinski definition) is 1. The van der Waals surface area contributed by atoms with Crippen molar-refractivity contribution in [2.45, 2.75) is 6.42 Å². The molecule has 0 aliphatic carbocycles. The van der Waals surface area contributed by atoms with Crippen LogP contribution in [0.15, 0.2) is 65.3 Å². The molecular formula is C17H13BrN2O. The minimum atomic E-state index is -0.0733. The van der Waals surface area contributed by atoms with E-state index in [2.05, 4.69) is 32.3 Å². The first-order chi connectivity index (χ1) is 10.2. The van der Waals surface area contributed by atoms with Crippen LogP contribution in [-0.4, -0.2) is 10.9 Å². The van der Waals surface area contributed by atoms with Gasteiger partial charge in [-0.2, -0.15) is 0 Å². The van der Waals surface area contributed by atoms with E-state index in [4.69, 9.17) is 0 Å². The smallest absolute Gasteiger partial charge is 0.229 e. The van der Waals surface area contributed by atoms with Crippen molar-refractivity contribution in [1.82, 2.24) is 4.98 Å². The summed E-state index contributed by atoms with van der Waals surface area (Å²) in [7, 11) is 0. The summed E-state index contributed by atoms with van der Waals surface area (Å²) in [4.78, 5) is 16.2. The van der Waals surface area contributed by atoms with Gasteiger partial charge in [0.25, 0.3) is 0 Å². The zero-order valence-electron chi connectivity index (χ0n) is 11.2. The van der Waals surface area contributed by atoms with Crippen molar-refractivity contribution in [1.29, 1.82) is 0 Å². The number of rotatable bonds is 3. The van der Waals surface area contributed by atoms with Gasteiger partial charge in [-0.1, -0.05) is 58.4 Å². The summed E-state index contributed by atoms with van der Waals surface area (Å²) in [5.41, 5.74) is 0.987. The summed E-state index contributed by atoms with van der Waals surface area (Å²) >= 11 is 3.35. The van der Waals surface area contributed by atoms with E-state index in [0.29, 0.717) is 12.2 Å². The van der Waals surface area contributed by atoms with Crippen LogP contribution in [0.3, 0.4) is 0 Å². The molecule has 4 heteroatoms. The Morgan fingerprint density at radius 1 is 1.05 bits per heavy atom. The molecule has 0 aliphatic rings. The molecule has 104 valence electrons. The molecule has 0 atom stereocenters. The van der Waals surface area contributed by atoms with Gasteiger partial charge in [0.1, 0.15) is 5.82 Å². The van der Waals surface area contributed by atoms with E-state index in [1.807, 2.05) is 42.5 Å².